The third-order valence-electron chi connectivity index (χ3n) is 6.47. The molecule has 1 aliphatic heterocycles. The van der Waals surface area contributed by atoms with Crippen molar-refractivity contribution >= 4 is 17.2 Å². The van der Waals surface area contributed by atoms with Gasteiger partial charge in [0.1, 0.15) is 0 Å². The maximum atomic E-state index is 13.9. The highest BCUT2D eigenvalue weighted by Crippen LogP contribution is 2.46. The molecule has 0 N–H and O–H groups in total. The van der Waals surface area contributed by atoms with Gasteiger partial charge in [0.2, 0.25) is 5.91 Å². The summed E-state index contributed by atoms with van der Waals surface area (Å²) in [7, 11) is 1.95. The van der Waals surface area contributed by atoms with Crippen LogP contribution in [-0.4, -0.2) is 27.1 Å². The summed E-state index contributed by atoms with van der Waals surface area (Å²) in [5, 5.41) is 6.49. The smallest absolute Gasteiger partial charge is 0.234 e. The Morgan fingerprint density at radius 1 is 1.18 bits per heavy atom. The number of thiophene rings is 1. The Kier molecular flexibility index (Phi) is 4.35. The monoisotopic (exact) mass is 391 g/mol. The average molecular weight is 392 g/mol. The summed E-state index contributed by atoms with van der Waals surface area (Å²) in [5.74, 6) is 0.500. The van der Waals surface area contributed by atoms with E-state index < -0.39 is 0 Å². The van der Waals surface area contributed by atoms with Gasteiger partial charge in [-0.2, -0.15) is 5.10 Å². The van der Waals surface area contributed by atoms with Crippen molar-refractivity contribution in [1.82, 2.24) is 14.7 Å². The number of hydrogen-bond donors (Lipinski definition) is 0. The third-order valence-corrected chi connectivity index (χ3v) is 7.54. The van der Waals surface area contributed by atoms with Gasteiger partial charge in [-0.15, -0.1) is 11.3 Å². The molecule has 0 unspecified atom stereocenters. The molecule has 0 bridgehead atoms. The van der Waals surface area contributed by atoms with Crippen molar-refractivity contribution in [3.05, 3.63) is 75.7 Å². The zero-order valence-electron chi connectivity index (χ0n) is 16.2. The molecule has 3 aromatic rings. The van der Waals surface area contributed by atoms with Gasteiger partial charge in [0.15, 0.2) is 0 Å². The van der Waals surface area contributed by atoms with Crippen LogP contribution in [-0.2, 0) is 23.8 Å². The number of carbonyl (C=O) groups excluding carboxylic acids is 1. The van der Waals surface area contributed by atoms with E-state index in [4.69, 9.17) is 0 Å². The second-order valence-electron chi connectivity index (χ2n) is 8.15. The van der Waals surface area contributed by atoms with Gasteiger partial charge in [-0.1, -0.05) is 43.2 Å². The van der Waals surface area contributed by atoms with Gasteiger partial charge in [-0.05, 0) is 41.0 Å². The Morgan fingerprint density at radius 3 is 2.71 bits per heavy atom. The van der Waals surface area contributed by atoms with Crippen LogP contribution in [0, 0.1) is 0 Å². The molecule has 0 radical (unpaired) electrons. The predicted molar refractivity (Wildman–Crippen MR) is 111 cm³/mol. The van der Waals surface area contributed by atoms with E-state index in [2.05, 4.69) is 58.0 Å². The highest BCUT2D eigenvalue weighted by molar-refractivity contribution is 7.10. The Hall–Kier alpha value is -2.40. The molecule has 1 aromatic carbocycles. The number of hydrogen-bond acceptors (Lipinski definition) is 3. The number of amides is 1. The average Bonchev–Trinajstić information content (AvgIpc) is 3.48. The summed E-state index contributed by atoms with van der Waals surface area (Å²) < 4.78 is 1.85. The Morgan fingerprint density at radius 2 is 2.00 bits per heavy atom. The third kappa shape index (κ3) is 2.80. The molecule has 2 aromatic heterocycles. The first-order chi connectivity index (χ1) is 13.7. The van der Waals surface area contributed by atoms with Gasteiger partial charge in [-0.25, -0.2) is 0 Å². The molecule has 1 amide bonds. The van der Waals surface area contributed by atoms with E-state index in [1.165, 1.54) is 21.6 Å². The molecular weight excluding hydrogens is 366 g/mol. The maximum Gasteiger partial charge on any atom is 0.234 e. The van der Waals surface area contributed by atoms with Gasteiger partial charge in [0.05, 0.1) is 11.6 Å². The zero-order valence-corrected chi connectivity index (χ0v) is 17.0. The molecule has 4 nitrogen and oxygen atoms in total. The Balaban J connectivity index is 1.53. The minimum atomic E-state index is -0.320. The topological polar surface area (TPSA) is 38.1 Å². The van der Waals surface area contributed by atoms with Crippen LogP contribution in [0.4, 0.5) is 0 Å². The van der Waals surface area contributed by atoms with Crippen LogP contribution in [0.1, 0.15) is 53.2 Å². The molecular formula is C23H25N3OS. The van der Waals surface area contributed by atoms with Crippen molar-refractivity contribution in [3.8, 4) is 0 Å². The fourth-order valence-corrected chi connectivity index (χ4v) is 6.04. The minimum Gasteiger partial charge on any atom is -0.337 e. The molecule has 5 rings (SSSR count). The normalized spacial score (nSPS) is 20.9. The second-order valence-corrected chi connectivity index (χ2v) is 9.10. The lowest BCUT2D eigenvalue weighted by Gasteiger charge is -2.39. The minimum absolute atomic E-state index is 0.185. The summed E-state index contributed by atoms with van der Waals surface area (Å²) in [6.07, 6.45) is 8.25. The van der Waals surface area contributed by atoms with E-state index in [1.54, 1.807) is 11.3 Å². The quantitative estimate of drug-likeness (QED) is 0.661. The first kappa shape index (κ1) is 17.7. The number of aromatic nitrogens is 2. The molecule has 1 aliphatic carbocycles. The first-order valence-electron chi connectivity index (χ1n) is 10.1. The van der Waals surface area contributed by atoms with Crippen molar-refractivity contribution in [2.75, 3.05) is 6.54 Å². The lowest BCUT2D eigenvalue weighted by Crippen LogP contribution is -2.48. The number of nitrogens with zero attached hydrogens (tertiary/aromatic N) is 3. The Bertz CT molecular complexity index is 985. The number of carbonyl (C=O) groups is 1. The van der Waals surface area contributed by atoms with Crippen molar-refractivity contribution < 1.29 is 4.79 Å². The van der Waals surface area contributed by atoms with Gasteiger partial charge < -0.3 is 4.90 Å². The van der Waals surface area contributed by atoms with E-state index in [9.17, 15) is 4.79 Å². The Labute approximate surface area is 169 Å². The summed E-state index contributed by atoms with van der Waals surface area (Å²) >= 11 is 1.74. The van der Waals surface area contributed by atoms with Crippen LogP contribution in [0.25, 0.3) is 0 Å². The van der Waals surface area contributed by atoms with Crippen molar-refractivity contribution in [2.24, 2.45) is 7.05 Å². The number of benzene rings is 1. The first-order valence-corrected chi connectivity index (χ1v) is 10.9. The number of aryl methyl sites for hydroxylation is 1. The van der Waals surface area contributed by atoms with Crippen molar-refractivity contribution in [1.29, 1.82) is 0 Å². The summed E-state index contributed by atoms with van der Waals surface area (Å²) in [6.45, 7) is 1.44. The van der Waals surface area contributed by atoms with Gasteiger partial charge in [0.25, 0.3) is 0 Å². The second kappa shape index (κ2) is 6.89. The van der Waals surface area contributed by atoms with E-state index in [0.29, 0.717) is 12.5 Å². The lowest BCUT2D eigenvalue weighted by molar-refractivity contribution is -0.138. The molecule has 3 heterocycles. The van der Waals surface area contributed by atoms with Crippen LogP contribution in [0.2, 0.25) is 0 Å². The standard InChI is InChI=1S/C23H25N3OS/c1-25-14-18(13-24-25)20-16-26(15-17-7-2-3-8-19(17)20)22(27)23(10-4-5-11-23)21-9-6-12-28-21/h2-3,6-9,12-14,20H,4-5,10-11,15-16H2,1H3/t20-/m1/s1. The highest BCUT2D eigenvalue weighted by Gasteiger charge is 2.47. The molecule has 1 saturated carbocycles. The molecule has 1 atom stereocenters. The fraction of sp³-hybridized carbons (Fsp3) is 0.391. The zero-order chi connectivity index (χ0) is 19.1. The fourth-order valence-electron chi connectivity index (χ4n) is 5.06. The SMILES string of the molecule is Cn1cc([C@H]2CN(C(=O)C3(c4cccs4)CCCC3)Cc3ccccc32)cn1. The van der Waals surface area contributed by atoms with Gasteiger partial charge in [0, 0.05) is 37.1 Å². The highest BCUT2D eigenvalue weighted by atomic mass is 32.1. The largest absolute Gasteiger partial charge is 0.337 e. The van der Waals surface area contributed by atoms with Gasteiger partial charge in [-0.3, -0.25) is 9.48 Å². The van der Waals surface area contributed by atoms with Crippen molar-refractivity contribution in [3.63, 3.8) is 0 Å². The van der Waals surface area contributed by atoms with E-state index in [0.717, 1.165) is 32.2 Å². The van der Waals surface area contributed by atoms with E-state index in [1.807, 2.05) is 17.9 Å². The molecule has 5 heteroatoms. The van der Waals surface area contributed by atoms with Gasteiger partial charge >= 0.3 is 0 Å². The summed E-state index contributed by atoms with van der Waals surface area (Å²) in [4.78, 5) is 17.3. The van der Waals surface area contributed by atoms with Crippen molar-refractivity contribution in [2.45, 2.75) is 43.6 Å². The molecule has 1 fully saturated rings. The molecule has 2 aliphatic rings. The van der Waals surface area contributed by atoms with Crippen LogP contribution < -0.4 is 0 Å². The molecule has 0 spiro atoms. The van der Waals surface area contributed by atoms with Crippen LogP contribution in [0.15, 0.2) is 54.2 Å². The number of fused-ring (bicyclic) bond motifs is 1. The molecule has 144 valence electrons. The van der Waals surface area contributed by atoms with Crippen LogP contribution in [0.5, 0.6) is 0 Å². The molecule has 0 saturated heterocycles. The van der Waals surface area contributed by atoms with Crippen LogP contribution in [0.3, 0.4) is 0 Å². The van der Waals surface area contributed by atoms with Crippen LogP contribution >= 0.6 is 11.3 Å². The summed E-state index contributed by atoms with van der Waals surface area (Å²) in [6, 6.07) is 12.8. The number of rotatable bonds is 3. The van der Waals surface area contributed by atoms with E-state index >= 15 is 0 Å². The molecule has 28 heavy (non-hydrogen) atoms. The maximum absolute atomic E-state index is 13.9. The summed E-state index contributed by atoms with van der Waals surface area (Å²) in [5.41, 5.74) is 3.45. The lowest BCUT2D eigenvalue weighted by atomic mass is 9.80. The van der Waals surface area contributed by atoms with E-state index in [-0.39, 0.29) is 11.3 Å². The predicted octanol–water partition coefficient (Wildman–Crippen LogP) is 4.47.